The van der Waals surface area contributed by atoms with E-state index in [-0.39, 0.29) is 24.9 Å². The van der Waals surface area contributed by atoms with Crippen molar-refractivity contribution >= 4 is 34.8 Å². The Hall–Kier alpha value is -2.71. The molecule has 0 unspecified atom stereocenters. The summed E-state index contributed by atoms with van der Waals surface area (Å²) < 4.78 is 4.94. The third-order valence-electron chi connectivity index (χ3n) is 3.14. The molecule has 3 aromatic rings. The zero-order valence-electron chi connectivity index (χ0n) is 12.9. The van der Waals surface area contributed by atoms with E-state index in [2.05, 4.69) is 20.8 Å². The summed E-state index contributed by atoms with van der Waals surface area (Å²) in [6, 6.07) is 10.3. The maximum absolute atomic E-state index is 12.0. The normalized spacial score (nSPS) is 10.4. The zero-order chi connectivity index (χ0) is 17.6. The maximum Gasteiger partial charge on any atom is 0.316 e. The van der Waals surface area contributed by atoms with Crippen molar-refractivity contribution in [2.75, 3.05) is 13.1 Å². The number of amides is 2. The molecule has 9 heteroatoms. The quantitative estimate of drug-likeness (QED) is 0.644. The number of rotatable bonds is 6. The fourth-order valence-electron chi connectivity index (χ4n) is 1.98. The van der Waals surface area contributed by atoms with Crippen LogP contribution in [-0.4, -0.2) is 35.0 Å². The highest BCUT2D eigenvalue weighted by atomic mass is 35.5. The molecule has 128 valence electrons. The van der Waals surface area contributed by atoms with Gasteiger partial charge in [0.1, 0.15) is 0 Å². The van der Waals surface area contributed by atoms with Crippen LogP contribution in [0.2, 0.25) is 5.02 Å². The molecule has 3 rings (SSSR count). The molecule has 0 aliphatic rings. The Morgan fingerprint density at radius 3 is 2.64 bits per heavy atom. The standard InChI is InChI=1S/C16H13ClN4O3S/c17-11-4-1-3-10(9-11)14(22)18-6-7-19-15(23)16-20-13(21-24-16)12-5-2-8-25-12/h1-5,8-9H,6-7H2,(H,18,22)(H,19,23). The van der Waals surface area contributed by atoms with Crippen molar-refractivity contribution < 1.29 is 14.1 Å². The number of aromatic nitrogens is 2. The third kappa shape index (κ3) is 4.43. The predicted octanol–water partition coefficient (Wildman–Crippen LogP) is 2.61. The van der Waals surface area contributed by atoms with E-state index in [0.29, 0.717) is 16.4 Å². The molecular formula is C16H13ClN4O3S. The first-order valence-electron chi connectivity index (χ1n) is 7.33. The molecule has 0 saturated heterocycles. The smallest absolute Gasteiger partial charge is 0.316 e. The predicted molar refractivity (Wildman–Crippen MR) is 93.7 cm³/mol. The van der Waals surface area contributed by atoms with Crippen LogP contribution < -0.4 is 10.6 Å². The van der Waals surface area contributed by atoms with Gasteiger partial charge in [0.25, 0.3) is 5.91 Å². The van der Waals surface area contributed by atoms with Gasteiger partial charge in [-0.05, 0) is 29.6 Å². The summed E-state index contributed by atoms with van der Waals surface area (Å²) in [5, 5.41) is 11.4. The summed E-state index contributed by atoms with van der Waals surface area (Å²) in [4.78, 5) is 28.7. The van der Waals surface area contributed by atoms with Gasteiger partial charge in [-0.25, -0.2) is 0 Å². The number of carbonyl (C=O) groups excluding carboxylic acids is 2. The summed E-state index contributed by atoms with van der Waals surface area (Å²) in [5.74, 6) is -0.513. The first-order chi connectivity index (χ1) is 12.1. The van der Waals surface area contributed by atoms with Crippen molar-refractivity contribution in [2.24, 2.45) is 0 Å². The third-order valence-corrected chi connectivity index (χ3v) is 4.25. The molecule has 0 saturated carbocycles. The minimum Gasteiger partial charge on any atom is -0.350 e. The first kappa shape index (κ1) is 17.1. The molecule has 25 heavy (non-hydrogen) atoms. The summed E-state index contributed by atoms with van der Waals surface area (Å²) in [6.07, 6.45) is 0. The molecule has 0 fully saturated rings. The summed E-state index contributed by atoms with van der Waals surface area (Å²) in [7, 11) is 0. The molecule has 2 heterocycles. The highest BCUT2D eigenvalue weighted by Crippen LogP contribution is 2.21. The highest BCUT2D eigenvalue weighted by molar-refractivity contribution is 7.13. The van der Waals surface area contributed by atoms with Crippen LogP contribution in [0.15, 0.2) is 46.3 Å². The number of nitrogens with zero attached hydrogens (tertiary/aromatic N) is 2. The number of hydrogen-bond donors (Lipinski definition) is 2. The van der Waals surface area contributed by atoms with Gasteiger partial charge in [-0.2, -0.15) is 4.98 Å². The second-order valence-corrected chi connectivity index (χ2v) is 6.31. The van der Waals surface area contributed by atoms with Gasteiger partial charge in [0.15, 0.2) is 0 Å². The van der Waals surface area contributed by atoms with E-state index in [9.17, 15) is 9.59 Å². The molecule has 0 bridgehead atoms. The van der Waals surface area contributed by atoms with Gasteiger partial charge in [-0.15, -0.1) is 11.3 Å². The molecule has 2 amide bonds. The minimum atomic E-state index is -0.493. The van der Waals surface area contributed by atoms with Gasteiger partial charge in [0, 0.05) is 23.7 Å². The van der Waals surface area contributed by atoms with Crippen molar-refractivity contribution in [3.63, 3.8) is 0 Å². The molecule has 0 radical (unpaired) electrons. The van der Waals surface area contributed by atoms with E-state index in [0.717, 1.165) is 4.88 Å². The molecule has 0 atom stereocenters. The summed E-state index contributed by atoms with van der Waals surface area (Å²) in [5.41, 5.74) is 0.455. The topological polar surface area (TPSA) is 97.1 Å². The van der Waals surface area contributed by atoms with Crippen LogP contribution in [0, 0.1) is 0 Å². The lowest BCUT2D eigenvalue weighted by Crippen LogP contribution is -2.34. The molecule has 2 N–H and O–H groups in total. The number of nitrogens with one attached hydrogen (secondary N) is 2. The maximum atomic E-state index is 12.0. The van der Waals surface area contributed by atoms with Gasteiger partial charge in [-0.3, -0.25) is 9.59 Å². The molecule has 0 spiro atoms. The van der Waals surface area contributed by atoms with E-state index in [4.69, 9.17) is 16.1 Å². The van der Waals surface area contributed by atoms with Gasteiger partial charge in [-0.1, -0.05) is 28.9 Å². The SMILES string of the molecule is O=C(NCCNC(=O)c1nc(-c2cccs2)no1)c1cccc(Cl)c1. The van der Waals surface area contributed by atoms with Gasteiger partial charge < -0.3 is 15.2 Å². The van der Waals surface area contributed by atoms with Crippen LogP contribution in [0.1, 0.15) is 21.0 Å². The largest absolute Gasteiger partial charge is 0.350 e. The Bertz CT molecular complexity index is 879. The Balaban J connectivity index is 1.46. The van der Waals surface area contributed by atoms with E-state index in [1.165, 1.54) is 11.3 Å². The average Bonchev–Trinajstić information content (AvgIpc) is 3.29. The van der Waals surface area contributed by atoms with Crippen LogP contribution in [0.3, 0.4) is 0 Å². The number of halogens is 1. The fraction of sp³-hybridized carbons (Fsp3) is 0.125. The van der Waals surface area contributed by atoms with Crippen LogP contribution >= 0.6 is 22.9 Å². The van der Waals surface area contributed by atoms with E-state index >= 15 is 0 Å². The number of carbonyl (C=O) groups is 2. The summed E-state index contributed by atoms with van der Waals surface area (Å²) >= 11 is 7.29. The minimum absolute atomic E-state index is 0.121. The van der Waals surface area contributed by atoms with Crippen LogP contribution in [0.5, 0.6) is 0 Å². The van der Waals surface area contributed by atoms with Gasteiger partial charge in [0.2, 0.25) is 5.82 Å². The lowest BCUT2D eigenvalue weighted by molar-refractivity contribution is 0.0898. The Kier molecular flexibility index (Phi) is 5.42. The molecule has 0 aliphatic heterocycles. The molecule has 7 nitrogen and oxygen atoms in total. The average molecular weight is 377 g/mol. The second kappa shape index (κ2) is 7.91. The zero-order valence-corrected chi connectivity index (χ0v) is 14.4. The summed E-state index contributed by atoms with van der Waals surface area (Å²) in [6.45, 7) is 0.477. The molecule has 1 aromatic carbocycles. The van der Waals surface area contributed by atoms with Crippen molar-refractivity contribution in [3.05, 3.63) is 58.3 Å². The number of thiophene rings is 1. The molecule has 2 aromatic heterocycles. The van der Waals surface area contributed by atoms with Crippen molar-refractivity contribution in [1.82, 2.24) is 20.8 Å². The Labute approximate surface area is 152 Å². The monoisotopic (exact) mass is 376 g/mol. The fourth-order valence-corrected chi connectivity index (χ4v) is 2.82. The Morgan fingerprint density at radius 2 is 1.92 bits per heavy atom. The lowest BCUT2D eigenvalue weighted by Gasteiger charge is -2.06. The van der Waals surface area contributed by atoms with E-state index in [1.807, 2.05) is 17.5 Å². The van der Waals surface area contributed by atoms with Gasteiger partial charge in [0.05, 0.1) is 4.88 Å². The number of hydrogen-bond acceptors (Lipinski definition) is 6. The lowest BCUT2D eigenvalue weighted by atomic mass is 10.2. The van der Waals surface area contributed by atoms with Crippen molar-refractivity contribution in [2.45, 2.75) is 0 Å². The molecular weight excluding hydrogens is 364 g/mol. The van der Waals surface area contributed by atoms with Crippen molar-refractivity contribution in [3.8, 4) is 10.7 Å². The Morgan fingerprint density at radius 1 is 1.12 bits per heavy atom. The molecule has 0 aliphatic carbocycles. The van der Waals surface area contributed by atoms with Crippen molar-refractivity contribution in [1.29, 1.82) is 0 Å². The van der Waals surface area contributed by atoms with E-state index in [1.54, 1.807) is 24.3 Å². The second-order valence-electron chi connectivity index (χ2n) is 4.92. The van der Waals surface area contributed by atoms with Gasteiger partial charge >= 0.3 is 11.8 Å². The van der Waals surface area contributed by atoms with Crippen LogP contribution in [-0.2, 0) is 0 Å². The van der Waals surface area contributed by atoms with E-state index < -0.39 is 5.91 Å². The van der Waals surface area contributed by atoms with Crippen LogP contribution in [0.25, 0.3) is 10.7 Å². The number of benzene rings is 1. The van der Waals surface area contributed by atoms with Crippen LogP contribution in [0.4, 0.5) is 0 Å². The highest BCUT2D eigenvalue weighted by Gasteiger charge is 2.16. The first-order valence-corrected chi connectivity index (χ1v) is 8.59.